The average molecular weight is 338 g/mol. The molecule has 6 heteroatoms. The van der Waals surface area contributed by atoms with Crippen molar-refractivity contribution < 1.29 is 29.7 Å². The van der Waals surface area contributed by atoms with Gasteiger partial charge in [0, 0.05) is 29.5 Å². The highest BCUT2D eigenvalue weighted by Gasteiger charge is 2.41. The minimum atomic E-state index is -1.21. The lowest BCUT2D eigenvalue weighted by Gasteiger charge is -2.31. The fourth-order valence-electron chi connectivity index (χ4n) is 3.74. The number of fused-ring (bicyclic) bond motifs is 4. The zero-order chi connectivity index (χ0) is 18.1. The minimum Gasteiger partial charge on any atom is -0.507 e. The van der Waals surface area contributed by atoms with Crippen molar-refractivity contribution in [3.8, 4) is 11.5 Å². The summed E-state index contributed by atoms with van der Waals surface area (Å²) in [4.78, 5) is 38.3. The van der Waals surface area contributed by atoms with Gasteiger partial charge in [0.15, 0.2) is 17.3 Å². The minimum absolute atomic E-state index is 0.0204. The van der Waals surface area contributed by atoms with Crippen LogP contribution in [0.2, 0.25) is 0 Å². The average Bonchev–Trinajstić information content (AvgIpc) is 2.52. The smallest absolute Gasteiger partial charge is 0.199 e. The molecule has 1 atom stereocenters. The number of phenolic OH excluding ortho intramolecular Hbond substituents is 2. The van der Waals surface area contributed by atoms with E-state index in [2.05, 4.69) is 0 Å². The second kappa shape index (κ2) is 4.77. The number of hydrogen-bond acceptors (Lipinski definition) is 6. The largest absolute Gasteiger partial charge is 0.507 e. The number of aromatic hydroxyl groups is 2. The Morgan fingerprint density at radius 3 is 2.04 bits per heavy atom. The van der Waals surface area contributed by atoms with Crippen LogP contribution in [0, 0.1) is 0 Å². The van der Waals surface area contributed by atoms with Gasteiger partial charge in [-0.3, -0.25) is 14.4 Å². The number of hydrogen-bond donors (Lipinski definition) is 3. The molecule has 2 aromatic rings. The number of rotatable bonds is 0. The Bertz CT molecular complexity index is 999. The SMILES string of the molecule is C[C@]1(O)CC(=O)c2c(ccc3c2C(=O)c2c(O)ccc(O)c2C3=O)C1. The topological polar surface area (TPSA) is 112 Å². The molecular formula is C19H14O6. The van der Waals surface area contributed by atoms with Gasteiger partial charge in [-0.1, -0.05) is 6.07 Å². The maximum absolute atomic E-state index is 13.0. The molecule has 0 bridgehead atoms. The highest BCUT2D eigenvalue weighted by atomic mass is 16.3. The number of ketones is 3. The van der Waals surface area contributed by atoms with Gasteiger partial charge in [-0.2, -0.15) is 0 Å². The maximum Gasteiger partial charge on any atom is 0.199 e. The first-order chi connectivity index (χ1) is 11.7. The van der Waals surface area contributed by atoms with Crippen molar-refractivity contribution >= 4 is 17.3 Å². The number of benzene rings is 2. The molecule has 25 heavy (non-hydrogen) atoms. The van der Waals surface area contributed by atoms with Crippen LogP contribution in [0.4, 0.5) is 0 Å². The Kier molecular flexibility index (Phi) is 2.96. The lowest BCUT2D eigenvalue weighted by molar-refractivity contribution is 0.0409. The summed E-state index contributed by atoms with van der Waals surface area (Å²) in [7, 11) is 0. The van der Waals surface area contributed by atoms with E-state index in [-0.39, 0.29) is 40.7 Å². The van der Waals surface area contributed by atoms with E-state index in [4.69, 9.17) is 0 Å². The van der Waals surface area contributed by atoms with E-state index in [9.17, 15) is 29.7 Å². The van der Waals surface area contributed by atoms with Crippen LogP contribution in [0.5, 0.6) is 11.5 Å². The van der Waals surface area contributed by atoms with Crippen LogP contribution < -0.4 is 0 Å². The van der Waals surface area contributed by atoms with E-state index >= 15 is 0 Å². The fourth-order valence-corrected chi connectivity index (χ4v) is 3.74. The third kappa shape index (κ3) is 2.04. The highest BCUT2D eigenvalue weighted by molar-refractivity contribution is 6.32. The molecule has 0 unspecified atom stereocenters. The van der Waals surface area contributed by atoms with E-state index in [1.54, 1.807) is 13.0 Å². The summed E-state index contributed by atoms with van der Waals surface area (Å²) in [6.45, 7) is 1.54. The Morgan fingerprint density at radius 2 is 1.40 bits per heavy atom. The molecule has 0 aliphatic heterocycles. The van der Waals surface area contributed by atoms with E-state index in [0.29, 0.717) is 5.56 Å². The Labute approximate surface area is 142 Å². The van der Waals surface area contributed by atoms with Crippen LogP contribution in [0.15, 0.2) is 24.3 Å². The summed E-state index contributed by atoms with van der Waals surface area (Å²) < 4.78 is 0. The van der Waals surface area contributed by atoms with Gasteiger partial charge in [0.1, 0.15) is 11.5 Å². The summed E-state index contributed by atoms with van der Waals surface area (Å²) in [6.07, 6.45) is 0.0263. The zero-order valence-electron chi connectivity index (χ0n) is 13.3. The summed E-state index contributed by atoms with van der Waals surface area (Å²) in [5.74, 6) is -2.54. The predicted octanol–water partition coefficient (Wildman–Crippen LogP) is 1.75. The van der Waals surface area contributed by atoms with E-state index in [0.717, 1.165) is 12.1 Å². The molecule has 0 radical (unpaired) electrons. The number of aliphatic hydroxyl groups is 1. The first kappa shape index (κ1) is 15.5. The molecule has 0 saturated heterocycles. The Morgan fingerprint density at radius 1 is 0.800 bits per heavy atom. The van der Waals surface area contributed by atoms with Crippen LogP contribution in [0.1, 0.15) is 61.1 Å². The maximum atomic E-state index is 13.0. The van der Waals surface area contributed by atoms with Crippen molar-refractivity contribution in [1.82, 2.24) is 0 Å². The lowest BCUT2D eigenvalue weighted by atomic mass is 9.73. The molecule has 2 aromatic carbocycles. The molecule has 126 valence electrons. The molecule has 2 aliphatic carbocycles. The third-order valence-electron chi connectivity index (χ3n) is 4.77. The van der Waals surface area contributed by atoms with Gasteiger partial charge >= 0.3 is 0 Å². The van der Waals surface area contributed by atoms with Crippen molar-refractivity contribution in [1.29, 1.82) is 0 Å². The molecule has 0 heterocycles. The van der Waals surface area contributed by atoms with Crippen LogP contribution in [0.25, 0.3) is 0 Å². The monoisotopic (exact) mass is 338 g/mol. The third-order valence-corrected chi connectivity index (χ3v) is 4.77. The van der Waals surface area contributed by atoms with Crippen molar-refractivity contribution in [2.75, 3.05) is 0 Å². The van der Waals surface area contributed by atoms with Gasteiger partial charge in [0.25, 0.3) is 0 Å². The molecule has 2 aliphatic rings. The molecule has 3 N–H and O–H groups in total. The lowest BCUT2D eigenvalue weighted by Crippen LogP contribution is -2.37. The standard InChI is InChI=1S/C19H14O6/c1-19(25)6-8-2-3-9-14(13(8)12(22)7-19)18(24)16-11(21)5-4-10(20)15(16)17(9)23/h2-5,20-21,25H,6-7H2,1H3/t19-/m1/s1. The summed E-state index contributed by atoms with van der Waals surface area (Å²) in [5, 5.41) is 30.2. The molecule has 0 aromatic heterocycles. The molecule has 6 nitrogen and oxygen atoms in total. The number of carbonyl (C=O) groups is 3. The van der Waals surface area contributed by atoms with Crippen LogP contribution in [-0.2, 0) is 6.42 Å². The first-order valence-electron chi connectivity index (χ1n) is 7.77. The summed E-state index contributed by atoms with van der Waals surface area (Å²) in [5.41, 5.74) is -1.19. The highest BCUT2D eigenvalue weighted by Crippen LogP contribution is 2.41. The van der Waals surface area contributed by atoms with Gasteiger partial charge in [0.2, 0.25) is 0 Å². The number of phenols is 2. The van der Waals surface area contributed by atoms with Crippen molar-refractivity contribution in [3.63, 3.8) is 0 Å². The Hall–Kier alpha value is -2.99. The summed E-state index contributed by atoms with van der Waals surface area (Å²) in [6, 6.07) is 5.25. The van der Waals surface area contributed by atoms with Crippen LogP contribution >= 0.6 is 0 Å². The van der Waals surface area contributed by atoms with Crippen molar-refractivity contribution in [2.24, 2.45) is 0 Å². The zero-order valence-corrected chi connectivity index (χ0v) is 13.3. The second-order valence-corrected chi connectivity index (χ2v) is 6.81. The normalized spacial score (nSPS) is 21.6. The molecule has 4 rings (SSSR count). The summed E-state index contributed by atoms with van der Waals surface area (Å²) >= 11 is 0. The Balaban J connectivity index is 2.04. The van der Waals surface area contributed by atoms with Crippen molar-refractivity contribution in [2.45, 2.75) is 25.4 Å². The molecular weight excluding hydrogens is 324 g/mol. The first-order valence-corrected chi connectivity index (χ1v) is 7.77. The van der Waals surface area contributed by atoms with Gasteiger partial charge in [-0.15, -0.1) is 0 Å². The van der Waals surface area contributed by atoms with Gasteiger partial charge < -0.3 is 15.3 Å². The molecule has 0 spiro atoms. The van der Waals surface area contributed by atoms with Gasteiger partial charge in [-0.25, -0.2) is 0 Å². The number of Topliss-reactive ketones (excluding diaryl/α,β-unsaturated/α-hetero) is 1. The second-order valence-electron chi connectivity index (χ2n) is 6.81. The van der Waals surface area contributed by atoms with E-state index in [1.807, 2.05) is 0 Å². The van der Waals surface area contributed by atoms with E-state index in [1.165, 1.54) is 6.07 Å². The molecule has 0 fully saturated rings. The van der Waals surface area contributed by atoms with Crippen LogP contribution in [0.3, 0.4) is 0 Å². The molecule has 0 saturated carbocycles. The number of carbonyl (C=O) groups excluding carboxylic acids is 3. The fraction of sp³-hybridized carbons (Fsp3) is 0.211. The predicted molar refractivity (Wildman–Crippen MR) is 86.4 cm³/mol. The molecule has 0 amide bonds. The van der Waals surface area contributed by atoms with Crippen molar-refractivity contribution in [3.05, 3.63) is 57.6 Å². The van der Waals surface area contributed by atoms with E-state index < -0.39 is 34.4 Å². The van der Waals surface area contributed by atoms with Gasteiger partial charge in [0.05, 0.1) is 16.7 Å². The van der Waals surface area contributed by atoms with Gasteiger partial charge in [-0.05, 0) is 30.7 Å². The van der Waals surface area contributed by atoms with Crippen LogP contribution in [-0.4, -0.2) is 38.3 Å². The quantitative estimate of drug-likeness (QED) is 0.539.